The Morgan fingerprint density at radius 1 is 1.18 bits per heavy atom. The number of aliphatic imine (C=N–C) groups is 1. The monoisotopic (exact) mass is 523 g/mol. The maximum absolute atomic E-state index is 12.6. The van der Waals surface area contributed by atoms with Crippen molar-refractivity contribution in [3.63, 3.8) is 0 Å². The SMILES string of the molecule is C=C/C=C\N=C(/C)NC(=O)CCN1C[C@]2(CC[C@](c3ccccc3)(N(C)C)CC2)N(CC2(O)CCC2)C1O. The lowest BCUT2D eigenvalue weighted by Crippen LogP contribution is -2.60. The van der Waals surface area contributed by atoms with Crippen LogP contribution >= 0.6 is 0 Å². The number of nitrogens with zero attached hydrogens (tertiary/aromatic N) is 4. The summed E-state index contributed by atoms with van der Waals surface area (Å²) in [4.78, 5) is 23.3. The van der Waals surface area contributed by atoms with Crippen LogP contribution in [0.1, 0.15) is 63.9 Å². The highest BCUT2D eigenvalue weighted by Gasteiger charge is 2.56. The number of carbonyl (C=O) groups excluding carboxylic acids is 1. The topological polar surface area (TPSA) is 91.6 Å². The molecule has 1 saturated heterocycles. The molecule has 1 heterocycles. The lowest BCUT2D eigenvalue weighted by Gasteiger charge is -2.53. The molecule has 1 aromatic rings. The van der Waals surface area contributed by atoms with Crippen LogP contribution in [0.3, 0.4) is 0 Å². The number of hydrogen-bond acceptors (Lipinski definition) is 7. The van der Waals surface area contributed by atoms with Crippen molar-refractivity contribution in [1.82, 2.24) is 20.0 Å². The number of rotatable bonds is 9. The molecular formula is C30H45N5O3. The summed E-state index contributed by atoms with van der Waals surface area (Å²) in [7, 11) is 4.32. The van der Waals surface area contributed by atoms with E-state index in [1.165, 1.54) is 5.56 Å². The second-order valence-corrected chi connectivity index (χ2v) is 11.6. The second kappa shape index (κ2) is 11.8. The van der Waals surface area contributed by atoms with E-state index in [0.29, 0.717) is 25.5 Å². The summed E-state index contributed by atoms with van der Waals surface area (Å²) in [6.45, 7) is 6.96. The summed E-state index contributed by atoms with van der Waals surface area (Å²) in [5.41, 5.74) is 0.308. The van der Waals surface area contributed by atoms with Crippen LogP contribution in [0.15, 0.2) is 60.3 Å². The van der Waals surface area contributed by atoms with Gasteiger partial charge in [-0.25, -0.2) is 4.99 Å². The van der Waals surface area contributed by atoms with E-state index < -0.39 is 12.0 Å². The van der Waals surface area contributed by atoms with Crippen molar-refractivity contribution >= 4 is 11.7 Å². The maximum atomic E-state index is 12.6. The van der Waals surface area contributed by atoms with Crippen molar-refractivity contribution in [1.29, 1.82) is 0 Å². The first-order chi connectivity index (χ1) is 18.1. The Kier molecular flexibility index (Phi) is 8.89. The van der Waals surface area contributed by atoms with E-state index >= 15 is 0 Å². The lowest BCUT2D eigenvalue weighted by atomic mass is 9.67. The molecule has 1 spiro atoms. The molecule has 1 aromatic carbocycles. The average Bonchev–Trinajstić information content (AvgIpc) is 3.13. The summed E-state index contributed by atoms with van der Waals surface area (Å²) < 4.78 is 0. The van der Waals surface area contributed by atoms with Crippen LogP contribution in [-0.2, 0) is 10.3 Å². The number of benzene rings is 1. The van der Waals surface area contributed by atoms with Gasteiger partial charge in [-0.1, -0.05) is 43.0 Å². The van der Waals surface area contributed by atoms with Gasteiger partial charge in [0.1, 0.15) is 5.84 Å². The molecule has 1 aliphatic heterocycles. The van der Waals surface area contributed by atoms with E-state index in [1.807, 2.05) is 4.90 Å². The molecular weight excluding hydrogens is 478 g/mol. The van der Waals surface area contributed by atoms with Gasteiger partial charge in [0.25, 0.3) is 0 Å². The van der Waals surface area contributed by atoms with E-state index in [4.69, 9.17) is 0 Å². The highest BCUT2D eigenvalue weighted by Crippen LogP contribution is 2.50. The predicted molar refractivity (Wildman–Crippen MR) is 151 cm³/mol. The largest absolute Gasteiger partial charge is 0.389 e. The third-order valence-electron chi connectivity index (χ3n) is 9.07. The van der Waals surface area contributed by atoms with E-state index in [9.17, 15) is 15.0 Å². The first kappa shape index (κ1) is 28.6. The van der Waals surface area contributed by atoms with Gasteiger partial charge in [-0.15, -0.1) is 0 Å². The van der Waals surface area contributed by atoms with Gasteiger partial charge in [0.15, 0.2) is 6.35 Å². The fourth-order valence-electron chi connectivity index (χ4n) is 6.57. The van der Waals surface area contributed by atoms with Crippen molar-refractivity contribution in [3.05, 3.63) is 60.8 Å². The molecule has 1 atom stereocenters. The van der Waals surface area contributed by atoms with E-state index in [2.05, 4.69) is 71.1 Å². The van der Waals surface area contributed by atoms with Crippen molar-refractivity contribution < 1.29 is 15.0 Å². The molecule has 0 bridgehead atoms. The van der Waals surface area contributed by atoms with Crippen LogP contribution in [0, 0.1) is 0 Å². The van der Waals surface area contributed by atoms with Crippen molar-refractivity contribution in [2.24, 2.45) is 4.99 Å². The Balaban J connectivity index is 1.48. The molecule has 38 heavy (non-hydrogen) atoms. The lowest BCUT2D eigenvalue weighted by molar-refractivity contribution is -0.144. The average molecular weight is 524 g/mol. The summed E-state index contributed by atoms with van der Waals surface area (Å²) in [5, 5.41) is 25.4. The molecule has 1 unspecified atom stereocenters. The number of amides is 1. The summed E-state index contributed by atoms with van der Waals surface area (Å²) in [5.74, 6) is 0.392. The number of amidine groups is 1. The Hall–Kier alpha value is -2.36. The maximum Gasteiger partial charge on any atom is 0.226 e. The molecule has 8 nitrogen and oxygen atoms in total. The van der Waals surface area contributed by atoms with Crippen LogP contribution < -0.4 is 5.32 Å². The predicted octanol–water partition coefficient (Wildman–Crippen LogP) is 3.19. The smallest absolute Gasteiger partial charge is 0.226 e. The molecule has 3 fully saturated rings. The fourth-order valence-corrected chi connectivity index (χ4v) is 6.57. The van der Waals surface area contributed by atoms with Crippen molar-refractivity contribution in [2.75, 3.05) is 33.7 Å². The molecule has 208 valence electrons. The van der Waals surface area contributed by atoms with Crippen LogP contribution in [0.5, 0.6) is 0 Å². The minimum Gasteiger partial charge on any atom is -0.389 e. The van der Waals surface area contributed by atoms with Gasteiger partial charge >= 0.3 is 0 Å². The van der Waals surface area contributed by atoms with Gasteiger partial charge in [-0.3, -0.25) is 19.5 Å². The van der Waals surface area contributed by atoms with Gasteiger partial charge in [-0.2, -0.15) is 0 Å². The first-order valence-electron chi connectivity index (χ1n) is 13.9. The molecule has 8 heteroatoms. The number of hydrogen-bond donors (Lipinski definition) is 3. The Labute approximate surface area is 227 Å². The van der Waals surface area contributed by atoms with Gasteiger partial charge in [-0.05, 0) is 77.6 Å². The van der Waals surface area contributed by atoms with Crippen LogP contribution in [0.25, 0.3) is 0 Å². The zero-order valence-electron chi connectivity index (χ0n) is 23.3. The zero-order chi connectivity index (χ0) is 27.4. The third-order valence-corrected chi connectivity index (χ3v) is 9.07. The zero-order valence-corrected chi connectivity index (χ0v) is 23.3. The Bertz CT molecular complexity index is 1030. The van der Waals surface area contributed by atoms with Gasteiger partial charge in [0.2, 0.25) is 5.91 Å². The van der Waals surface area contributed by atoms with E-state index in [1.54, 1.807) is 25.3 Å². The second-order valence-electron chi connectivity index (χ2n) is 11.6. The molecule has 2 aliphatic carbocycles. The van der Waals surface area contributed by atoms with Crippen LogP contribution in [0.2, 0.25) is 0 Å². The van der Waals surface area contributed by atoms with E-state index in [-0.39, 0.29) is 23.4 Å². The van der Waals surface area contributed by atoms with E-state index in [0.717, 1.165) is 44.9 Å². The minimum atomic E-state index is -0.818. The van der Waals surface area contributed by atoms with Gasteiger partial charge in [0.05, 0.1) is 5.60 Å². The number of aliphatic hydroxyl groups excluding tert-OH is 1. The van der Waals surface area contributed by atoms with Crippen LogP contribution in [-0.4, -0.2) is 87.9 Å². The summed E-state index contributed by atoms with van der Waals surface area (Å²) in [6.07, 6.45) is 10.7. The molecule has 3 aliphatic rings. The normalized spacial score (nSPS) is 30.2. The number of aliphatic hydroxyl groups is 2. The molecule has 4 rings (SSSR count). The van der Waals surface area contributed by atoms with Gasteiger partial charge in [0, 0.05) is 43.3 Å². The first-order valence-corrected chi connectivity index (χ1v) is 13.9. The van der Waals surface area contributed by atoms with Gasteiger partial charge < -0.3 is 15.5 Å². The molecule has 0 aromatic heterocycles. The highest BCUT2D eigenvalue weighted by molar-refractivity contribution is 5.97. The standard InChI is InChI=1S/C30H45N5O3/c1-5-6-20-31-24(2)32-26(36)13-21-34-22-28(35(27(34)37)23-29(38)14-10-15-29)16-18-30(19-17-28,33(3)4)25-11-8-7-9-12-25/h5-9,11-12,20,27,37-38H,1,10,13-19,21-23H2,2-4H3,(H,31,32,36)/b20-6-/t27?,28-,30+. The van der Waals surface area contributed by atoms with Crippen molar-refractivity contribution in [2.45, 2.75) is 81.3 Å². The Morgan fingerprint density at radius 2 is 1.87 bits per heavy atom. The Morgan fingerprint density at radius 3 is 2.45 bits per heavy atom. The van der Waals surface area contributed by atoms with Crippen LogP contribution in [0.4, 0.5) is 0 Å². The minimum absolute atomic E-state index is 0.0548. The highest BCUT2D eigenvalue weighted by atomic mass is 16.3. The fraction of sp³-hybridized carbons (Fsp3) is 0.600. The molecule has 3 N–H and O–H groups in total. The molecule has 1 amide bonds. The number of nitrogens with one attached hydrogen (secondary N) is 1. The number of carbonyl (C=O) groups is 1. The molecule has 2 saturated carbocycles. The van der Waals surface area contributed by atoms with Crippen molar-refractivity contribution in [3.8, 4) is 0 Å². The quantitative estimate of drug-likeness (QED) is 0.262. The number of β-amino-alcohol motifs (C(OH)–C–C–N with tert-alkyl or cyclic N) is 1. The third kappa shape index (κ3) is 5.95. The summed E-state index contributed by atoms with van der Waals surface area (Å²) >= 11 is 0. The summed E-state index contributed by atoms with van der Waals surface area (Å²) in [6, 6.07) is 10.7. The number of allylic oxidation sites excluding steroid dienone is 2. The molecule has 0 radical (unpaired) electrons.